The first-order valence-corrected chi connectivity index (χ1v) is 5.73. The van der Waals surface area contributed by atoms with Gasteiger partial charge in [0.25, 0.3) is 0 Å². The van der Waals surface area contributed by atoms with E-state index in [-0.39, 0.29) is 11.3 Å². The molecular formula is C12H10ClN5O. The lowest BCUT2D eigenvalue weighted by atomic mass is 10.2. The van der Waals surface area contributed by atoms with E-state index in [0.29, 0.717) is 17.3 Å². The van der Waals surface area contributed by atoms with E-state index in [2.05, 4.69) is 15.0 Å². The summed E-state index contributed by atoms with van der Waals surface area (Å²) in [4.78, 5) is 13.6. The van der Waals surface area contributed by atoms with Crippen molar-refractivity contribution in [3.63, 3.8) is 0 Å². The van der Waals surface area contributed by atoms with E-state index in [1.807, 2.05) is 6.07 Å². The van der Waals surface area contributed by atoms with Crippen LogP contribution in [-0.4, -0.2) is 29.0 Å². The summed E-state index contributed by atoms with van der Waals surface area (Å²) in [5, 5.41) is 8.76. The molecular weight excluding hydrogens is 266 g/mol. The van der Waals surface area contributed by atoms with Gasteiger partial charge in [0.2, 0.25) is 11.2 Å². The number of ether oxygens (including phenoxy) is 1. The van der Waals surface area contributed by atoms with Gasteiger partial charge in [-0.2, -0.15) is 20.2 Å². The standard InChI is InChI=1S/C12H10ClN5O/c1-18(2)11-15-10(13)16-12(17-11)19-9-5-3-8(7-14)4-6-9/h3-6H,1-2H3. The highest BCUT2D eigenvalue weighted by atomic mass is 35.5. The van der Waals surface area contributed by atoms with Crippen LogP contribution >= 0.6 is 11.6 Å². The molecule has 0 spiro atoms. The molecule has 0 fully saturated rings. The molecule has 2 rings (SSSR count). The number of rotatable bonds is 3. The van der Waals surface area contributed by atoms with Crippen molar-refractivity contribution in [1.29, 1.82) is 5.26 Å². The molecule has 1 aromatic carbocycles. The van der Waals surface area contributed by atoms with Gasteiger partial charge in [-0.05, 0) is 35.9 Å². The highest BCUT2D eigenvalue weighted by Crippen LogP contribution is 2.20. The molecule has 0 bridgehead atoms. The van der Waals surface area contributed by atoms with Crippen LogP contribution in [0.2, 0.25) is 5.28 Å². The lowest BCUT2D eigenvalue weighted by molar-refractivity contribution is 0.439. The molecule has 6 nitrogen and oxygen atoms in total. The topological polar surface area (TPSA) is 74.9 Å². The molecule has 0 atom stereocenters. The van der Waals surface area contributed by atoms with Crippen molar-refractivity contribution in [3.8, 4) is 17.8 Å². The number of nitrogens with zero attached hydrogens (tertiary/aromatic N) is 5. The summed E-state index contributed by atoms with van der Waals surface area (Å²) >= 11 is 5.80. The van der Waals surface area contributed by atoms with Gasteiger partial charge in [0.05, 0.1) is 11.6 Å². The molecule has 0 saturated carbocycles. The van der Waals surface area contributed by atoms with Crippen molar-refractivity contribution in [1.82, 2.24) is 15.0 Å². The summed E-state index contributed by atoms with van der Waals surface area (Å²) in [6.07, 6.45) is 0. The molecule has 0 aliphatic heterocycles. The number of halogens is 1. The Labute approximate surface area is 115 Å². The minimum Gasteiger partial charge on any atom is -0.424 e. The maximum atomic E-state index is 8.71. The second kappa shape index (κ2) is 5.50. The van der Waals surface area contributed by atoms with Crippen LogP contribution < -0.4 is 9.64 Å². The Morgan fingerprint density at radius 1 is 1.16 bits per heavy atom. The fourth-order valence-electron chi connectivity index (χ4n) is 1.27. The number of nitriles is 1. The lowest BCUT2D eigenvalue weighted by Crippen LogP contribution is -2.13. The molecule has 2 aromatic rings. The van der Waals surface area contributed by atoms with Crippen LogP contribution in [0.15, 0.2) is 24.3 Å². The van der Waals surface area contributed by atoms with Gasteiger partial charge in [-0.15, -0.1) is 0 Å². The van der Waals surface area contributed by atoms with Gasteiger partial charge in [-0.1, -0.05) is 0 Å². The molecule has 1 aromatic heterocycles. The zero-order valence-electron chi connectivity index (χ0n) is 10.3. The highest BCUT2D eigenvalue weighted by molar-refractivity contribution is 6.28. The summed E-state index contributed by atoms with van der Waals surface area (Å²) in [5.74, 6) is 0.926. The molecule has 1 heterocycles. The molecule has 0 saturated heterocycles. The quantitative estimate of drug-likeness (QED) is 0.855. The van der Waals surface area contributed by atoms with Crippen molar-refractivity contribution < 1.29 is 4.74 Å². The van der Waals surface area contributed by atoms with Crippen molar-refractivity contribution in [2.75, 3.05) is 19.0 Å². The van der Waals surface area contributed by atoms with Gasteiger partial charge in [0.15, 0.2) is 0 Å². The molecule has 7 heteroatoms. The van der Waals surface area contributed by atoms with Crippen LogP contribution in [0.5, 0.6) is 11.8 Å². The van der Waals surface area contributed by atoms with Gasteiger partial charge in [0.1, 0.15) is 5.75 Å². The molecule has 0 aliphatic rings. The third-order valence-electron chi connectivity index (χ3n) is 2.17. The average molecular weight is 276 g/mol. The number of hydrogen-bond donors (Lipinski definition) is 0. The molecule has 0 unspecified atom stereocenters. The van der Waals surface area contributed by atoms with Crippen LogP contribution in [0.4, 0.5) is 5.95 Å². The minimum atomic E-state index is 0.0577. The van der Waals surface area contributed by atoms with Gasteiger partial charge in [-0.3, -0.25) is 0 Å². The lowest BCUT2D eigenvalue weighted by Gasteiger charge is -2.11. The van der Waals surface area contributed by atoms with Crippen LogP contribution in [0, 0.1) is 11.3 Å². The summed E-state index contributed by atoms with van der Waals surface area (Å²) < 4.78 is 5.47. The number of anilines is 1. The van der Waals surface area contributed by atoms with Crippen LogP contribution in [0.25, 0.3) is 0 Å². The fourth-order valence-corrected chi connectivity index (χ4v) is 1.42. The third kappa shape index (κ3) is 3.30. The first-order valence-electron chi connectivity index (χ1n) is 5.35. The fraction of sp³-hybridized carbons (Fsp3) is 0.167. The second-order valence-corrected chi connectivity index (χ2v) is 4.16. The zero-order chi connectivity index (χ0) is 13.8. The van der Waals surface area contributed by atoms with Crippen LogP contribution in [0.1, 0.15) is 5.56 Å². The van der Waals surface area contributed by atoms with E-state index in [4.69, 9.17) is 21.6 Å². The second-order valence-electron chi connectivity index (χ2n) is 3.82. The SMILES string of the molecule is CN(C)c1nc(Cl)nc(Oc2ccc(C#N)cc2)n1. The third-order valence-corrected chi connectivity index (χ3v) is 2.34. The Hall–Kier alpha value is -2.39. The monoisotopic (exact) mass is 275 g/mol. The first-order chi connectivity index (χ1) is 9.08. The highest BCUT2D eigenvalue weighted by Gasteiger charge is 2.08. The molecule has 0 N–H and O–H groups in total. The molecule has 0 aliphatic carbocycles. The van der Waals surface area contributed by atoms with Crippen LogP contribution in [-0.2, 0) is 0 Å². The van der Waals surface area contributed by atoms with Crippen molar-refractivity contribution in [2.45, 2.75) is 0 Å². The van der Waals surface area contributed by atoms with Gasteiger partial charge < -0.3 is 9.64 Å². The first kappa shape index (κ1) is 13.1. The van der Waals surface area contributed by atoms with Crippen molar-refractivity contribution >= 4 is 17.5 Å². The van der Waals surface area contributed by atoms with E-state index in [0.717, 1.165) is 0 Å². The maximum absolute atomic E-state index is 8.71. The van der Waals surface area contributed by atoms with Gasteiger partial charge in [0, 0.05) is 14.1 Å². The van der Waals surface area contributed by atoms with E-state index in [1.165, 1.54) is 0 Å². The van der Waals surface area contributed by atoms with Crippen LogP contribution in [0.3, 0.4) is 0 Å². The molecule has 0 amide bonds. The van der Waals surface area contributed by atoms with Crippen molar-refractivity contribution in [2.24, 2.45) is 0 Å². The Kier molecular flexibility index (Phi) is 3.78. The van der Waals surface area contributed by atoms with E-state index < -0.39 is 0 Å². The Bertz CT molecular complexity index is 621. The summed E-state index contributed by atoms with van der Waals surface area (Å²) in [6, 6.07) is 8.74. The van der Waals surface area contributed by atoms with Crippen molar-refractivity contribution in [3.05, 3.63) is 35.1 Å². The molecule has 0 radical (unpaired) electrons. The molecule has 19 heavy (non-hydrogen) atoms. The number of benzene rings is 1. The smallest absolute Gasteiger partial charge is 0.328 e. The Morgan fingerprint density at radius 3 is 2.42 bits per heavy atom. The largest absolute Gasteiger partial charge is 0.424 e. The Balaban J connectivity index is 2.25. The molecule has 96 valence electrons. The van der Waals surface area contributed by atoms with E-state index >= 15 is 0 Å². The minimum absolute atomic E-state index is 0.0577. The summed E-state index contributed by atoms with van der Waals surface area (Å²) in [7, 11) is 3.58. The van der Waals surface area contributed by atoms with Gasteiger partial charge in [-0.25, -0.2) is 0 Å². The number of hydrogen-bond acceptors (Lipinski definition) is 6. The average Bonchev–Trinajstić information content (AvgIpc) is 2.39. The zero-order valence-corrected chi connectivity index (χ0v) is 11.1. The summed E-state index contributed by atoms with van der Waals surface area (Å²) in [6.45, 7) is 0. The predicted octanol–water partition coefficient (Wildman–Crippen LogP) is 2.25. The van der Waals surface area contributed by atoms with E-state index in [1.54, 1.807) is 43.3 Å². The maximum Gasteiger partial charge on any atom is 0.328 e. The Morgan fingerprint density at radius 2 is 1.84 bits per heavy atom. The summed E-state index contributed by atoms with van der Waals surface area (Å²) in [5.41, 5.74) is 0.551. The van der Waals surface area contributed by atoms with E-state index in [9.17, 15) is 0 Å². The van der Waals surface area contributed by atoms with Gasteiger partial charge >= 0.3 is 6.01 Å². The number of aromatic nitrogens is 3. The predicted molar refractivity (Wildman–Crippen MR) is 70.4 cm³/mol. The normalized spacial score (nSPS) is 9.79.